The van der Waals surface area contributed by atoms with Gasteiger partial charge in [0.05, 0.1) is 17.1 Å². The number of fused-ring (bicyclic) bond motifs is 1. The average molecular weight is 810 g/mol. The zero-order valence-electron chi connectivity index (χ0n) is 32.7. The molecule has 2 N–H and O–H groups in total. The van der Waals surface area contributed by atoms with Crippen molar-refractivity contribution in [3.05, 3.63) is 113 Å². The summed E-state index contributed by atoms with van der Waals surface area (Å²) in [5.74, 6) is -5.68. The van der Waals surface area contributed by atoms with Gasteiger partial charge in [-0.2, -0.15) is 5.10 Å². The lowest BCUT2D eigenvalue weighted by Gasteiger charge is -2.34. The molecule has 0 spiro atoms. The Morgan fingerprint density at radius 3 is 2.41 bits per heavy atom. The lowest BCUT2D eigenvalue weighted by molar-refractivity contribution is -0.134. The summed E-state index contributed by atoms with van der Waals surface area (Å²) in [5, 5.41) is 6.64. The summed E-state index contributed by atoms with van der Waals surface area (Å²) in [6.07, 6.45) is 7.20. The van der Waals surface area contributed by atoms with Crippen molar-refractivity contribution in [2.24, 2.45) is 0 Å². The van der Waals surface area contributed by atoms with Gasteiger partial charge in [-0.25, -0.2) is 17.6 Å². The third kappa shape index (κ3) is 7.73. The van der Waals surface area contributed by atoms with Crippen LogP contribution in [0.15, 0.2) is 67.0 Å². The molecule has 3 aliphatic rings. The quantitative estimate of drug-likeness (QED) is 0.123. The zero-order chi connectivity index (χ0) is 41.5. The fourth-order valence-electron chi connectivity index (χ4n) is 8.55. The number of piperidine rings is 2. The molecule has 4 amide bonds. The van der Waals surface area contributed by atoms with Crippen molar-refractivity contribution in [1.82, 2.24) is 29.9 Å². The predicted octanol–water partition coefficient (Wildman–Crippen LogP) is 6.90. The van der Waals surface area contributed by atoms with E-state index in [1.54, 1.807) is 54.3 Å². The largest absolute Gasteiger partial charge is 0.369 e. The molecule has 3 aromatic carbocycles. The van der Waals surface area contributed by atoms with Crippen molar-refractivity contribution in [2.75, 3.05) is 45.2 Å². The minimum atomic E-state index is -1.12. The first kappa shape index (κ1) is 39.6. The first-order chi connectivity index (χ1) is 28.4. The molecule has 1 atom stereocenters. The number of anilines is 1. The molecular formula is C44H43F4N7O4. The number of rotatable bonds is 9. The molecule has 11 nitrogen and oxygen atoms in total. The second-order valence-corrected chi connectivity index (χ2v) is 15.6. The molecule has 0 radical (unpaired) electrons. The maximum absolute atomic E-state index is 16.6. The fraction of sp³-hybridized carbons (Fsp3) is 0.341. The molecule has 2 aromatic heterocycles. The number of nitrogens with zero attached hydrogens (tertiary/aromatic N) is 5. The fourth-order valence-corrected chi connectivity index (χ4v) is 8.55. The Labute approximate surface area is 337 Å². The van der Waals surface area contributed by atoms with E-state index < -0.39 is 41.0 Å². The molecule has 2 fully saturated rings. The lowest BCUT2D eigenvalue weighted by Crippen LogP contribution is -2.39. The van der Waals surface area contributed by atoms with Crippen molar-refractivity contribution < 1.29 is 36.7 Å². The Bertz CT molecular complexity index is 2510. The molecule has 8 rings (SSSR count). The number of carbonyl (C=O) groups excluding carboxylic acids is 4. The number of benzene rings is 3. The van der Waals surface area contributed by atoms with Gasteiger partial charge in [0, 0.05) is 88.6 Å². The van der Waals surface area contributed by atoms with E-state index in [9.17, 15) is 19.2 Å². The molecule has 0 aliphatic carbocycles. The molecule has 5 heterocycles. The summed E-state index contributed by atoms with van der Waals surface area (Å²) in [7, 11) is 3.10. The molecule has 15 heteroatoms. The van der Waals surface area contributed by atoms with Crippen molar-refractivity contribution in [1.29, 1.82) is 0 Å². The van der Waals surface area contributed by atoms with Crippen LogP contribution in [0.3, 0.4) is 0 Å². The molecule has 3 aliphatic heterocycles. The summed E-state index contributed by atoms with van der Waals surface area (Å²) in [5.41, 5.74) is 1.71. The Kier molecular flexibility index (Phi) is 10.9. The van der Waals surface area contributed by atoms with Gasteiger partial charge in [0.2, 0.25) is 17.7 Å². The SMILES string of the molecule is CN(C)C(=O)c1cc2c(-c3ccc(C4CCN(c5ccc(C6CCC(=O)NC6=O)cc5F)CC4)c(F)c3F)cc(C3=CCCN(C(=O)CCn4cccn4)C3)c(F)c2[nH]1. The van der Waals surface area contributed by atoms with Gasteiger partial charge in [-0.15, -0.1) is 0 Å². The molecule has 1 unspecified atom stereocenters. The summed E-state index contributed by atoms with van der Waals surface area (Å²) in [4.78, 5) is 57.8. The number of aromatic nitrogens is 3. The molecule has 59 heavy (non-hydrogen) atoms. The second kappa shape index (κ2) is 16.2. The number of nitrogens with one attached hydrogen (secondary N) is 2. The van der Waals surface area contributed by atoms with Crippen LogP contribution in [-0.4, -0.2) is 88.5 Å². The topological polar surface area (TPSA) is 124 Å². The lowest BCUT2D eigenvalue weighted by atomic mass is 9.86. The maximum Gasteiger partial charge on any atom is 0.269 e. The first-order valence-electron chi connectivity index (χ1n) is 19.8. The summed E-state index contributed by atoms with van der Waals surface area (Å²) < 4.78 is 66.4. The van der Waals surface area contributed by atoms with Crippen LogP contribution in [0, 0.1) is 23.3 Å². The first-order valence-corrected chi connectivity index (χ1v) is 19.8. The van der Waals surface area contributed by atoms with Crippen molar-refractivity contribution in [3.63, 3.8) is 0 Å². The predicted molar refractivity (Wildman–Crippen MR) is 213 cm³/mol. The number of H-pyrrole nitrogens is 1. The molecule has 306 valence electrons. The van der Waals surface area contributed by atoms with E-state index in [-0.39, 0.29) is 76.0 Å². The molecule has 5 aromatic rings. The van der Waals surface area contributed by atoms with Gasteiger partial charge < -0.3 is 19.7 Å². The summed E-state index contributed by atoms with van der Waals surface area (Å²) >= 11 is 0. The molecular weight excluding hydrogens is 767 g/mol. The number of hydrogen-bond acceptors (Lipinski definition) is 6. The number of carbonyl (C=O) groups is 4. The normalized spacial score (nSPS) is 17.7. The summed E-state index contributed by atoms with van der Waals surface area (Å²) in [6, 6.07) is 12.3. The number of imide groups is 1. The van der Waals surface area contributed by atoms with Crippen LogP contribution < -0.4 is 10.2 Å². The van der Waals surface area contributed by atoms with E-state index in [1.807, 2.05) is 11.0 Å². The van der Waals surface area contributed by atoms with Crippen molar-refractivity contribution in [2.45, 2.75) is 56.9 Å². The highest BCUT2D eigenvalue weighted by Crippen LogP contribution is 2.41. The monoisotopic (exact) mass is 809 g/mol. The van der Waals surface area contributed by atoms with E-state index >= 15 is 17.6 Å². The Balaban J connectivity index is 1.05. The third-order valence-electron chi connectivity index (χ3n) is 11.7. The Morgan fingerprint density at radius 2 is 1.69 bits per heavy atom. The highest BCUT2D eigenvalue weighted by atomic mass is 19.2. The zero-order valence-corrected chi connectivity index (χ0v) is 32.7. The van der Waals surface area contributed by atoms with E-state index in [0.717, 1.165) is 0 Å². The molecule has 2 saturated heterocycles. The van der Waals surface area contributed by atoms with Gasteiger partial charge in [0.1, 0.15) is 11.5 Å². The minimum Gasteiger partial charge on any atom is -0.369 e. The van der Waals surface area contributed by atoms with Gasteiger partial charge in [-0.3, -0.25) is 29.2 Å². The van der Waals surface area contributed by atoms with Crippen LogP contribution in [0.2, 0.25) is 0 Å². The number of halogens is 4. The van der Waals surface area contributed by atoms with Crippen LogP contribution in [0.4, 0.5) is 23.2 Å². The number of amides is 4. The molecule has 0 bridgehead atoms. The Morgan fingerprint density at radius 1 is 0.898 bits per heavy atom. The minimum absolute atomic E-state index is 0.0423. The standard InChI is InChI=1S/C44H43F4N7O4/c1-52(2)44(59)35-23-33-32(22-31(41(48)42(33)50-35)27-5-3-16-54(24-27)38(57)14-20-55-17-4-15-49-55)30-8-7-28(39(46)40(30)47)25-12-18-53(19-13-25)36-10-6-26(21-34(36)45)29-9-11-37(56)51-43(29)58/h4-8,10,15,17,21-23,25,29,50H,3,9,11-14,16,18-20,24H2,1-2H3,(H,51,56,58). The van der Waals surface area contributed by atoms with Gasteiger partial charge >= 0.3 is 0 Å². The average Bonchev–Trinajstić information content (AvgIpc) is 3.93. The Hall–Kier alpha value is -6.25. The third-order valence-corrected chi connectivity index (χ3v) is 11.7. The van der Waals surface area contributed by atoms with E-state index in [0.29, 0.717) is 68.7 Å². The van der Waals surface area contributed by atoms with Crippen molar-refractivity contribution >= 4 is 45.8 Å². The van der Waals surface area contributed by atoms with Crippen LogP contribution >= 0.6 is 0 Å². The second-order valence-electron chi connectivity index (χ2n) is 15.6. The van der Waals surface area contributed by atoms with Gasteiger partial charge in [-0.1, -0.05) is 24.3 Å². The van der Waals surface area contributed by atoms with E-state index in [2.05, 4.69) is 15.4 Å². The highest BCUT2D eigenvalue weighted by molar-refractivity contribution is 6.05. The van der Waals surface area contributed by atoms with Crippen molar-refractivity contribution in [3.8, 4) is 11.1 Å². The van der Waals surface area contributed by atoms with Gasteiger partial charge in [0.15, 0.2) is 17.5 Å². The number of aryl methyl sites for hydroxylation is 1. The molecule has 0 saturated carbocycles. The van der Waals surface area contributed by atoms with Gasteiger partial charge in [0.25, 0.3) is 5.91 Å². The van der Waals surface area contributed by atoms with Crippen LogP contribution in [-0.2, 0) is 20.9 Å². The van der Waals surface area contributed by atoms with Crippen LogP contribution in [0.5, 0.6) is 0 Å². The number of aromatic amines is 1. The van der Waals surface area contributed by atoms with Crippen LogP contribution in [0.1, 0.15) is 77.5 Å². The van der Waals surface area contributed by atoms with E-state index in [1.165, 1.54) is 35.2 Å². The number of hydrogen-bond donors (Lipinski definition) is 2. The smallest absolute Gasteiger partial charge is 0.269 e. The van der Waals surface area contributed by atoms with Crippen LogP contribution in [0.25, 0.3) is 27.6 Å². The van der Waals surface area contributed by atoms with Gasteiger partial charge in [-0.05, 0) is 84.2 Å². The maximum atomic E-state index is 16.6. The summed E-state index contributed by atoms with van der Waals surface area (Å²) in [6.45, 7) is 1.67. The van der Waals surface area contributed by atoms with E-state index in [4.69, 9.17) is 0 Å². The highest BCUT2D eigenvalue weighted by Gasteiger charge is 2.32.